The van der Waals surface area contributed by atoms with E-state index in [-0.39, 0.29) is 12.4 Å². The first-order valence-electron chi connectivity index (χ1n) is 6.27. The van der Waals surface area contributed by atoms with Gasteiger partial charge in [0.2, 0.25) is 0 Å². The summed E-state index contributed by atoms with van der Waals surface area (Å²) in [5, 5.41) is 0. The van der Waals surface area contributed by atoms with Gasteiger partial charge in [-0.05, 0) is 31.0 Å². The van der Waals surface area contributed by atoms with Crippen molar-refractivity contribution in [3.63, 3.8) is 0 Å². The Bertz CT molecular complexity index is 894. The highest BCUT2D eigenvalue weighted by atomic mass is 35.5. The second-order valence-electron chi connectivity index (χ2n) is 4.86. The Morgan fingerprint density at radius 3 is 2.57 bits per heavy atom. The van der Waals surface area contributed by atoms with Crippen LogP contribution in [0, 0.1) is 13.8 Å². The maximum absolute atomic E-state index is 11.6. The predicted molar refractivity (Wildman–Crippen MR) is 83.2 cm³/mol. The van der Waals surface area contributed by atoms with E-state index in [1.807, 2.05) is 30.7 Å². The lowest BCUT2D eigenvalue weighted by Crippen LogP contribution is -2.29. The summed E-state index contributed by atoms with van der Waals surface area (Å²) in [5.41, 5.74) is 3.19. The summed E-state index contributed by atoms with van der Waals surface area (Å²) in [5.74, 6) is 0. The van der Waals surface area contributed by atoms with Crippen molar-refractivity contribution >= 4 is 23.4 Å². The molecule has 3 rings (SSSR count). The first kappa shape index (κ1) is 15.1. The third-order valence-electron chi connectivity index (χ3n) is 3.57. The fourth-order valence-electron chi connectivity index (χ4n) is 2.34. The Labute approximate surface area is 126 Å². The van der Waals surface area contributed by atoms with Gasteiger partial charge in [-0.1, -0.05) is 0 Å². The van der Waals surface area contributed by atoms with Gasteiger partial charge in [-0.25, -0.2) is 4.98 Å². The number of aromatic nitrogens is 4. The van der Waals surface area contributed by atoms with E-state index in [1.165, 1.54) is 0 Å². The standard InChI is InChI=1S/C14H14N4O2.ClH/c1-8-5-11-12(17-14(20)13(19)16-11)10(9(8)2)6-18-4-3-15-7-18;/h3-5,7H,6H2,1-2H3,(H,16,19)(H,17,20);1H. The lowest BCUT2D eigenvalue weighted by molar-refractivity contribution is 0.794. The molecule has 7 heteroatoms. The third kappa shape index (κ3) is 2.62. The molecule has 2 heterocycles. The van der Waals surface area contributed by atoms with Gasteiger partial charge < -0.3 is 14.5 Å². The summed E-state index contributed by atoms with van der Waals surface area (Å²) in [7, 11) is 0. The molecule has 1 aromatic carbocycles. The molecule has 0 unspecified atom stereocenters. The van der Waals surface area contributed by atoms with Crippen LogP contribution >= 0.6 is 12.4 Å². The zero-order valence-electron chi connectivity index (χ0n) is 11.6. The van der Waals surface area contributed by atoms with Gasteiger partial charge in [0.15, 0.2) is 0 Å². The molecule has 0 fully saturated rings. The van der Waals surface area contributed by atoms with E-state index in [9.17, 15) is 9.59 Å². The fourth-order valence-corrected chi connectivity index (χ4v) is 2.34. The first-order chi connectivity index (χ1) is 9.56. The molecule has 0 bridgehead atoms. The van der Waals surface area contributed by atoms with Crippen LogP contribution in [-0.2, 0) is 6.54 Å². The molecule has 0 atom stereocenters. The molecule has 3 aromatic rings. The quantitative estimate of drug-likeness (QED) is 0.704. The normalized spacial score (nSPS) is 10.6. The number of aromatic amines is 2. The van der Waals surface area contributed by atoms with Crippen LogP contribution < -0.4 is 11.1 Å². The molecule has 2 N–H and O–H groups in total. The molecule has 2 aromatic heterocycles. The molecular formula is C14H15ClN4O2. The van der Waals surface area contributed by atoms with Crippen molar-refractivity contribution in [3.05, 3.63) is 62.2 Å². The molecule has 0 spiro atoms. The van der Waals surface area contributed by atoms with E-state index in [4.69, 9.17) is 0 Å². The molecule has 0 saturated carbocycles. The van der Waals surface area contributed by atoms with Gasteiger partial charge in [-0.3, -0.25) is 9.59 Å². The number of halogens is 1. The highest BCUT2D eigenvalue weighted by Gasteiger charge is 2.11. The molecular weight excluding hydrogens is 292 g/mol. The number of rotatable bonds is 2. The van der Waals surface area contributed by atoms with Crippen LogP contribution in [0.4, 0.5) is 0 Å². The van der Waals surface area contributed by atoms with Crippen molar-refractivity contribution in [1.82, 2.24) is 19.5 Å². The van der Waals surface area contributed by atoms with E-state index < -0.39 is 11.1 Å². The van der Waals surface area contributed by atoms with Crippen molar-refractivity contribution in [2.45, 2.75) is 20.4 Å². The third-order valence-corrected chi connectivity index (χ3v) is 3.57. The Morgan fingerprint density at radius 1 is 1.19 bits per heavy atom. The number of aryl methyl sites for hydroxylation is 1. The summed E-state index contributed by atoms with van der Waals surface area (Å²) >= 11 is 0. The highest BCUT2D eigenvalue weighted by molar-refractivity contribution is 5.85. The number of benzene rings is 1. The van der Waals surface area contributed by atoms with Crippen molar-refractivity contribution in [3.8, 4) is 0 Å². The zero-order valence-corrected chi connectivity index (χ0v) is 12.5. The van der Waals surface area contributed by atoms with Gasteiger partial charge in [0.25, 0.3) is 0 Å². The molecule has 0 aliphatic carbocycles. The molecule has 0 radical (unpaired) electrons. The Hall–Kier alpha value is -2.34. The maximum atomic E-state index is 11.6. The van der Waals surface area contributed by atoms with Crippen molar-refractivity contribution in [2.75, 3.05) is 0 Å². The summed E-state index contributed by atoms with van der Waals surface area (Å²) in [6, 6.07) is 1.87. The molecule has 21 heavy (non-hydrogen) atoms. The summed E-state index contributed by atoms with van der Waals surface area (Å²) in [4.78, 5) is 32.3. The number of nitrogens with zero attached hydrogens (tertiary/aromatic N) is 2. The lowest BCUT2D eigenvalue weighted by atomic mass is 10.0. The smallest absolute Gasteiger partial charge is 0.314 e. The maximum Gasteiger partial charge on any atom is 0.314 e. The van der Waals surface area contributed by atoms with E-state index in [0.717, 1.165) is 16.7 Å². The van der Waals surface area contributed by atoms with Gasteiger partial charge in [0.05, 0.1) is 23.9 Å². The average Bonchev–Trinajstić information content (AvgIpc) is 2.91. The van der Waals surface area contributed by atoms with Crippen LogP contribution in [0.5, 0.6) is 0 Å². The Balaban J connectivity index is 0.00000161. The monoisotopic (exact) mass is 306 g/mol. The Morgan fingerprint density at radius 2 is 1.90 bits per heavy atom. The van der Waals surface area contributed by atoms with Crippen molar-refractivity contribution in [2.24, 2.45) is 0 Å². The van der Waals surface area contributed by atoms with Crippen LogP contribution in [0.1, 0.15) is 16.7 Å². The SMILES string of the molecule is Cc1cc2[nH]c(=O)c(=O)[nH]c2c(Cn2ccnc2)c1C.Cl. The van der Waals surface area contributed by atoms with Crippen molar-refractivity contribution < 1.29 is 0 Å². The highest BCUT2D eigenvalue weighted by Crippen LogP contribution is 2.22. The minimum absolute atomic E-state index is 0. The summed E-state index contributed by atoms with van der Waals surface area (Å²) < 4.78 is 1.92. The number of hydrogen-bond acceptors (Lipinski definition) is 3. The molecule has 0 aliphatic rings. The number of H-pyrrole nitrogens is 2. The van der Waals surface area contributed by atoms with Gasteiger partial charge in [-0.2, -0.15) is 0 Å². The molecule has 6 nitrogen and oxygen atoms in total. The van der Waals surface area contributed by atoms with Crippen LogP contribution in [-0.4, -0.2) is 19.5 Å². The van der Waals surface area contributed by atoms with Crippen LogP contribution in [0.15, 0.2) is 34.4 Å². The van der Waals surface area contributed by atoms with Crippen LogP contribution in [0.3, 0.4) is 0 Å². The van der Waals surface area contributed by atoms with E-state index in [1.54, 1.807) is 12.5 Å². The lowest BCUT2D eigenvalue weighted by Gasteiger charge is -2.13. The van der Waals surface area contributed by atoms with E-state index in [0.29, 0.717) is 17.6 Å². The molecule has 0 aliphatic heterocycles. The second-order valence-corrected chi connectivity index (χ2v) is 4.86. The average molecular weight is 307 g/mol. The minimum Gasteiger partial charge on any atom is -0.333 e. The summed E-state index contributed by atoms with van der Waals surface area (Å²) in [6.07, 6.45) is 5.28. The van der Waals surface area contributed by atoms with Gasteiger partial charge in [0.1, 0.15) is 0 Å². The number of imidazole rings is 1. The topological polar surface area (TPSA) is 83.5 Å². The van der Waals surface area contributed by atoms with E-state index in [2.05, 4.69) is 15.0 Å². The number of hydrogen-bond donors (Lipinski definition) is 2. The molecule has 110 valence electrons. The minimum atomic E-state index is -0.632. The summed E-state index contributed by atoms with van der Waals surface area (Å²) in [6.45, 7) is 4.58. The molecule has 0 amide bonds. The predicted octanol–water partition coefficient (Wildman–Crippen LogP) is 1.50. The Kier molecular flexibility index (Phi) is 3.99. The van der Waals surface area contributed by atoms with Gasteiger partial charge >= 0.3 is 11.1 Å². The largest absolute Gasteiger partial charge is 0.333 e. The van der Waals surface area contributed by atoms with Gasteiger partial charge in [0, 0.05) is 18.0 Å². The van der Waals surface area contributed by atoms with E-state index >= 15 is 0 Å². The van der Waals surface area contributed by atoms with Crippen molar-refractivity contribution in [1.29, 1.82) is 0 Å². The fraction of sp³-hybridized carbons (Fsp3) is 0.214. The zero-order chi connectivity index (χ0) is 14.3. The van der Waals surface area contributed by atoms with Gasteiger partial charge in [-0.15, -0.1) is 12.4 Å². The first-order valence-corrected chi connectivity index (χ1v) is 6.27. The van der Waals surface area contributed by atoms with Crippen LogP contribution in [0.25, 0.3) is 11.0 Å². The number of nitrogens with one attached hydrogen (secondary N) is 2. The molecule has 0 saturated heterocycles. The van der Waals surface area contributed by atoms with Crippen LogP contribution in [0.2, 0.25) is 0 Å². The number of fused-ring (bicyclic) bond motifs is 1. The second kappa shape index (κ2) is 5.57.